The average Bonchev–Trinajstić information content (AvgIpc) is 3.66. The van der Waals surface area contributed by atoms with Gasteiger partial charge in [-0.25, -0.2) is 19.9 Å². The lowest BCUT2D eigenvalue weighted by Crippen LogP contribution is -2.43. The number of nitrogens with two attached hydrogens (primary N) is 1. The van der Waals surface area contributed by atoms with Crippen molar-refractivity contribution in [1.82, 2.24) is 34.4 Å². The van der Waals surface area contributed by atoms with Crippen LogP contribution in [-0.2, 0) is 26.0 Å². The SMILES string of the molecule is CC(C)N(CCCCc1nc2cc(C(C)(C)C)ccc2[nH]1)C[C@H]1O[C@@H](n2cnc3c(N)ncnc32)C2OC(C)(C)O[C@@H]21. The van der Waals surface area contributed by atoms with Crippen LogP contribution < -0.4 is 5.73 Å². The van der Waals surface area contributed by atoms with Crippen molar-refractivity contribution < 1.29 is 14.2 Å². The molecular formula is C31H44N8O3. The summed E-state index contributed by atoms with van der Waals surface area (Å²) in [5, 5.41) is 0. The molecule has 0 spiro atoms. The molecule has 0 bridgehead atoms. The number of aromatic nitrogens is 6. The Morgan fingerprint density at radius 1 is 1.10 bits per heavy atom. The highest BCUT2D eigenvalue weighted by atomic mass is 16.8. The minimum absolute atomic E-state index is 0.108. The van der Waals surface area contributed by atoms with Gasteiger partial charge >= 0.3 is 0 Å². The lowest BCUT2D eigenvalue weighted by Gasteiger charge is -2.31. The van der Waals surface area contributed by atoms with Crippen molar-refractivity contribution in [2.45, 2.75) is 110 Å². The number of hydrogen-bond acceptors (Lipinski definition) is 9. The molecule has 5 heterocycles. The first kappa shape index (κ1) is 29.0. The van der Waals surface area contributed by atoms with Crippen molar-refractivity contribution in [3.8, 4) is 0 Å². The Morgan fingerprint density at radius 2 is 1.88 bits per heavy atom. The van der Waals surface area contributed by atoms with Crippen LogP contribution in [0, 0.1) is 0 Å². The number of unbranched alkanes of at least 4 members (excludes halogenated alkanes) is 1. The van der Waals surface area contributed by atoms with E-state index in [0.717, 1.165) is 49.2 Å². The Hall–Kier alpha value is -3.12. The summed E-state index contributed by atoms with van der Waals surface area (Å²) in [5.41, 5.74) is 10.8. The van der Waals surface area contributed by atoms with Crippen LogP contribution >= 0.6 is 0 Å². The summed E-state index contributed by atoms with van der Waals surface area (Å²) in [5.74, 6) is 0.688. The van der Waals surface area contributed by atoms with Crippen LogP contribution in [0.1, 0.15) is 78.9 Å². The molecule has 3 N–H and O–H groups in total. The molecule has 42 heavy (non-hydrogen) atoms. The van der Waals surface area contributed by atoms with E-state index in [4.69, 9.17) is 24.9 Å². The van der Waals surface area contributed by atoms with E-state index in [9.17, 15) is 0 Å². The molecule has 4 aromatic rings. The van der Waals surface area contributed by atoms with E-state index in [1.165, 1.54) is 11.9 Å². The van der Waals surface area contributed by atoms with Crippen molar-refractivity contribution in [1.29, 1.82) is 0 Å². The normalized spacial score (nSPS) is 24.0. The number of H-pyrrole nitrogens is 1. The van der Waals surface area contributed by atoms with Crippen LogP contribution in [0.3, 0.4) is 0 Å². The smallest absolute Gasteiger partial charge is 0.167 e. The number of nitrogen functional groups attached to an aromatic ring is 1. The highest BCUT2D eigenvalue weighted by molar-refractivity contribution is 5.81. The number of benzene rings is 1. The van der Waals surface area contributed by atoms with E-state index in [-0.39, 0.29) is 23.7 Å². The van der Waals surface area contributed by atoms with Gasteiger partial charge in [-0.1, -0.05) is 26.8 Å². The summed E-state index contributed by atoms with van der Waals surface area (Å²) in [4.78, 5) is 23.8. The second-order valence-corrected chi connectivity index (χ2v) is 13.4. The largest absolute Gasteiger partial charge is 0.382 e. The fraction of sp³-hybridized carbons (Fsp3) is 0.613. The zero-order valence-electron chi connectivity index (χ0n) is 25.8. The van der Waals surface area contributed by atoms with E-state index in [2.05, 4.69) is 77.7 Å². The standard InChI is InChI=1S/C31H44N8O3/c1-18(2)38(13-9-8-10-23-36-20-12-11-19(30(3,4)5)14-21(20)37-23)15-22-25-26(42-31(6,7)41-25)29(40-22)39-17-35-24-27(32)33-16-34-28(24)39/h11-12,14,16-18,22,25-26,29H,8-10,13,15H2,1-7H3,(H,36,37)(H2,32,33,34)/t22-,25-,26?,29-/m1/s1. The third-order valence-electron chi connectivity index (χ3n) is 8.44. The molecule has 0 aliphatic carbocycles. The van der Waals surface area contributed by atoms with Crippen molar-refractivity contribution in [3.05, 3.63) is 42.2 Å². The number of hydrogen-bond donors (Lipinski definition) is 2. The van der Waals surface area contributed by atoms with Crippen LogP contribution in [-0.4, -0.2) is 77.6 Å². The molecule has 0 saturated carbocycles. The maximum atomic E-state index is 6.65. The van der Waals surface area contributed by atoms with Gasteiger partial charge in [0.2, 0.25) is 0 Å². The van der Waals surface area contributed by atoms with E-state index < -0.39 is 12.0 Å². The number of imidazole rings is 2. The van der Waals surface area contributed by atoms with Gasteiger partial charge in [-0.2, -0.15) is 0 Å². The van der Waals surface area contributed by atoms with Gasteiger partial charge in [0.15, 0.2) is 23.5 Å². The Bertz CT molecular complexity index is 1550. The average molecular weight is 577 g/mol. The van der Waals surface area contributed by atoms with Crippen LogP contribution in [0.25, 0.3) is 22.2 Å². The van der Waals surface area contributed by atoms with Gasteiger partial charge in [0, 0.05) is 19.0 Å². The number of nitrogens with zero attached hydrogens (tertiary/aromatic N) is 6. The van der Waals surface area contributed by atoms with Gasteiger partial charge in [-0.3, -0.25) is 9.47 Å². The second-order valence-electron chi connectivity index (χ2n) is 13.4. The highest BCUT2D eigenvalue weighted by Crippen LogP contribution is 2.44. The lowest BCUT2D eigenvalue weighted by molar-refractivity contribution is -0.198. The molecule has 1 unspecified atom stereocenters. The zero-order chi connectivity index (χ0) is 29.8. The predicted octanol–water partition coefficient (Wildman–Crippen LogP) is 4.73. The molecule has 3 aromatic heterocycles. The molecule has 226 valence electrons. The Morgan fingerprint density at radius 3 is 2.64 bits per heavy atom. The highest BCUT2D eigenvalue weighted by Gasteiger charge is 2.56. The molecule has 2 fully saturated rings. The maximum Gasteiger partial charge on any atom is 0.167 e. The first-order valence-electron chi connectivity index (χ1n) is 15.1. The molecule has 2 saturated heterocycles. The Kier molecular flexibility index (Phi) is 7.49. The summed E-state index contributed by atoms with van der Waals surface area (Å²) >= 11 is 0. The molecule has 2 aliphatic rings. The Labute approximate surface area is 247 Å². The molecule has 1 aromatic carbocycles. The Balaban J connectivity index is 1.11. The van der Waals surface area contributed by atoms with Crippen LogP contribution in [0.4, 0.5) is 5.82 Å². The van der Waals surface area contributed by atoms with Gasteiger partial charge in [-0.15, -0.1) is 0 Å². The molecular weight excluding hydrogens is 532 g/mol. The minimum Gasteiger partial charge on any atom is -0.382 e. The fourth-order valence-electron chi connectivity index (χ4n) is 6.13. The number of nitrogens with one attached hydrogen (secondary N) is 1. The van der Waals surface area contributed by atoms with Gasteiger partial charge in [0.05, 0.1) is 17.4 Å². The molecule has 0 amide bonds. The van der Waals surface area contributed by atoms with E-state index >= 15 is 0 Å². The third-order valence-corrected chi connectivity index (χ3v) is 8.44. The van der Waals surface area contributed by atoms with Gasteiger partial charge in [-0.05, 0) is 70.2 Å². The summed E-state index contributed by atoms with van der Waals surface area (Å²) in [7, 11) is 0. The number of fused-ring (bicyclic) bond motifs is 3. The van der Waals surface area contributed by atoms with Crippen LogP contribution in [0.2, 0.25) is 0 Å². The van der Waals surface area contributed by atoms with Crippen molar-refractivity contribution >= 4 is 28.0 Å². The summed E-state index contributed by atoms with van der Waals surface area (Å²) < 4.78 is 21.3. The topological polar surface area (TPSA) is 129 Å². The fourth-order valence-corrected chi connectivity index (χ4v) is 6.13. The summed E-state index contributed by atoms with van der Waals surface area (Å²) in [6.45, 7) is 16.8. The first-order chi connectivity index (χ1) is 19.9. The number of ether oxygens (including phenoxy) is 3. The second kappa shape index (κ2) is 10.9. The summed E-state index contributed by atoms with van der Waals surface area (Å²) in [6, 6.07) is 6.91. The third kappa shape index (κ3) is 5.62. The molecule has 6 rings (SSSR count). The predicted molar refractivity (Wildman–Crippen MR) is 162 cm³/mol. The zero-order valence-corrected chi connectivity index (χ0v) is 25.8. The summed E-state index contributed by atoms with van der Waals surface area (Å²) in [6.07, 6.45) is 5.07. The van der Waals surface area contributed by atoms with Crippen molar-refractivity contribution in [2.24, 2.45) is 0 Å². The van der Waals surface area contributed by atoms with Crippen LogP contribution in [0.15, 0.2) is 30.9 Å². The van der Waals surface area contributed by atoms with Crippen LogP contribution in [0.5, 0.6) is 0 Å². The molecule has 2 aliphatic heterocycles. The molecule has 11 heteroatoms. The van der Waals surface area contributed by atoms with E-state index in [0.29, 0.717) is 23.0 Å². The van der Waals surface area contributed by atoms with Crippen molar-refractivity contribution in [2.75, 3.05) is 18.8 Å². The quantitative estimate of drug-likeness (QED) is 0.272. The maximum absolute atomic E-state index is 6.65. The molecule has 11 nitrogen and oxygen atoms in total. The monoisotopic (exact) mass is 576 g/mol. The van der Waals surface area contributed by atoms with Gasteiger partial charge in [0.25, 0.3) is 0 Å². The first-order valence-corrected chi connectivity index (χ1v) is 15.1. The molecule has 0 radical (unpaired) electrons. The number of aromatic amines is 1. The number of anilines is 1. The van der Waals surface area contributed by atoms with Gasteiger partial charge in [0.1, 0.15) is 36.0 Å². The number of aryl methyl sites for hydroxylation is 1. The van der Waals surface area contributed by atoms with E-state index in [1.807, 2.05) is 18.4 Å². The number of rotatable bonds is 9. The molecule has 4 atom stereocenters. The van der Waals surface area contributed by atoms with Gasteiger partial charge < -0.3 is 24.9 Å². The lowest BCUT2D eigenvalue weighted by atomic mass is 9.87. The van der Waals surface area contributed by atoms with E-state index in [1.54, 1.807) is 6.33 Å². The minimum atomic E-state index is -0.705. The van der Waals surface area contributed by atoms with Crippen molar-refractivity contribution in [3.63, 3.8) is 0 Å².